The molecule has 2 aromatic carbocycles. The minimum absolute atomic E-state index is 0.201. The van der Waals surface area contributed by atoms with E-state index in [1.165, 1.54) is 0 Å². The Morgan fingerprint density at radius 2 is 1.68 bits per heavy atom. The molecule has 1 amide bonds. The molecule has 4 heteroatoms. The van der Waals surface area contributed by atoms with Gasteiger partial charge >= 0.3 is 0 Å². The van der Waals surface area contributed by atoms with Gasteiger partial charge in [0.2, 0.25) is 0 Å². The molecule has 0 aromatic heterocycles. The van der Waals surface area contributed by atoms with E-state index in [4.69, 9.17) is 16.3 Å². The van der Waals surface area contributed by atoms with Crippen LogP contribution in [0.25, 0.3) is 0 Å². The van der Waals surface area contributed by atoms with Crippen LogP contribution in [-0.2, 0) is 4.79 Å². The number of hydrogen-bond acceptors (Lipinski definition) is 2. The van der Waals surface area contributed by atoms with Gasteiger partial charge in [0.15, 0.2) is 6.10 Å². The molecule has 3 nitrogen and oxygen atoms in total. The molecule has 0 aliphatic rings. The van der Waals surface area contributed by atoms with E-state index in [1.54, 1.807) is 19.1 Å². The van der Waals surface area contributed by atoms with Crippen molar-refractivity contribution in [1.29, 1.82) is 0 Å². The molecule has 22 heavy (non-hydrogen) atoms. The van der Waals surface area contributed by atoms with Crippen molar-refractivity contribution in [1.82, 2.24) is 0 Å². The van der Waals surface area contributed by atoms with Gasteiger partial charge in [-0.05, 0) is 36.6 Å². The Kier molecular flexibility index (Phi) is 5.45. The van der Waals surface area contributed by atoms with Crippen molar-refractivity contribution in [3.63, 3.8) is 0 Å². The van der Waals surface area contributed by atoms with E-state index in [9.17, 15) is 4.79 Å². The molecule has 0 aliphatic heterocycles. The zero-order valence-corrected chi connectivity index (χ0v) is 13.7. The van der Waals surface area contributed by atoms with Crippen LogP contribution in [0, 0.1) is 0 Å². The van der Waals surface area contributed by atoms with Gasteiger partial charge in [0, 0.05) is 5.69 Å². The lowest BCUT2D eigenvalue weighted by Gasteiger charge is -2.18. The predicted molar refractivity (Wildman–Crippen MR) is 90.7 cm³/mol. The topological polar surface area (TPSA) is 38.3 Å². The predicted octanol–water partition coefficient (Wildman–Crippen LogP) is 4.87. The van der Waals surface area contributed by atoms with Crippen LogP contribution in [0.5, 0.6) is 5.75 Å². The molecule has 0 fully saturated rings. The lowest BCUT2D eigenvalue weighted by molar-refractivity contribution is -0.122. The largest absolute Gasteiger partial charge is 0.479 e. The van der Waals surface area contributed by atoms with Gasteiger partial charge < -0.3 is 10.1 Å². The van der Waals surface area contributed by atoms with Crippen LogP contribution in [0.2, 0.25) is 5.02 Å². The zero-order chi connectivity index (χ0) is 16.1. The summed E-state index contributed by atoms with van der Waals surface area (Å²) in [4.78, 5) is 12.3. The fraction of sp³-hybridized carbons (Fsp3) is 0.278. The second-order valence-corrected chi connectivity index (χ2v) is 5.83. The van der Waals surface area contributed by atoms with Crippen molar-refractivity contribution >= 4 is 23.2 Å². The number of ether oxygens (including phenoxy) is 1. The Labute approximate surface area is 136 Å². The summed E-state index contributed by atoms with van der Waals surface area (Å²) in [5.74, 6) is 0.633. The SMILES string of the molecule is CC(Oc1ccccc1Cl)C(=O)Nc1ccccc1C(C)C. The average molecular weight is 318 g/mol. The molecular formula is C18H20ClNO2. The maximum Gasteiger partial charge on any atom is 0.265 e. The second kappa shape index (κ2) is 7.32. The van der Waals surface area contributed by atoms with Gasteiger partial charge in [0.05, 0.1) is 5.02 Å². The van der Waals surface area contributed by atoms with Gasteiger partial charge in [-0.15, -0.1) is 0 Å². The van der Waals surface area contributed by atoms with Crippen LogP contribution in [-0.4, -0.2) is 12.0 Å². The van der Waals surface area contributed by atoms with Crippen molar-refractivity contribution in [2.24, 2.45) is 0 Å². The molecule has 0 heterocycles. The van der Waals surface area contributed by atoms with Crippen molar-refractivity contribution in [3.8, 4) is 5.75 Å². The lowest BCUT2D eigenvalue weighted by atomic mass is 10.0. The highest BCUT2D eigenvalue weighted by atomic mass is 35.5. The van der Waals surface area contributed by atoms with E-state index in [2.05, 4.69) is 19.2 Å². The first-order valence-corrected chi connectivity index (χ1v) is 7.67. The average Bonchev–Trinajstić information content (AvgIpc) is 2.49. The summed E-state index contributed by atoms with van der Waals surface area (Å²) in [6, 6.07) is 14.9. The van der Waals surface area contributed by atoms with Gasteiger partial charge in [0.25, 0.3) is 5.91 Å². The van der Waals surface area contributed by atoms with E-state index in [-0.39, 0.29) is 5.91 Å². The van der Waals surface area contributed by atoms with E-state index in [1.807, 2.05) is 36.4 Å². The van der Waals surface area contributed by atoms with Crippen molar-refractivity contribution in [3.05, 3.63) is 59.1 Å². The molecule has 0 spiro atoms. The quantitative estimate of drug-likeness (QED) is 0.854. The molecule has 116 valence electrons. The number of carbonyl (C=O) groups excluding carboxylic acids is 1. The number of benzene rings is 2. The van der Waals surface area contributed by atoms with Crippen molar-refractivity contribution < 1.29 is 9.53 Å². The third kappa shape index (κ3) is 4.01. The van der Waals surface area contributed by atoms with E-state index in [0.29, 0.717) is 16.7 Å². The Balaban J connectivity index is 2.08. The third-order valence-electron chi connectivity index (χ3n) is 3.35. The number of para-hydroxylation sites is 2. The lowest BCUT2D eigenvalue weighted by Crippen LogP contribution is -2.30. The summed E-state index contributed by atoms with van der Waals surface area (Å²) in [6.07, 6.45) is -0.639. The summed E-state index contributed by atoms with van der Waals surface area (Å²) < 4.78 is 5.64. The molecule has 2 rings (SSSR count). The zero-order valence-electron chi connectivity index (χ0n) is 13.0. The minimum atomic E-state index is -0.639. The molecule has 1 atom stereocenters. The summed E-state index contributed by atoms with van der Waals surface area (Å²) in [7, 11) is 0. The minimum Gasteiger partial charge on any atom is -0.479 e. The van der Waals surface area contributed by atoms with Crippen LogP contribution < -0.4 is 10.1 Å². The first-order valence-electron chi connectivity index (χ1n) is 7.30. The molecule has 0 saturated carbocycles. The Morgan fingerprint density at radius 3 is 2.36 bits per heavy atom. The number of halogens is 1. The number of nitrogens with one attached hydrogen (secondary N) is 1. The van der Waals surface area contributed by atoms with Gasteiger partial charge in [-0.1, -0.05) is 55.8 Å². The van der Waals surface area contributed by atoms with Crippen molar-refractivity contribution in [2.75, 3.05) is 5.32 Å². The number of hydrogen-bond donors (Lipinski definition) is 1. The molecule has 1 unspecified atom stereocenters. The second-order valence-electron chi connectivity index (χ2n) is 5.42. The summed E-state index contributed by atoms with van der Waals surface area (Å²) >= 11 is 6.04. The molecule has 0 bridgehead atoms. The fourth-order valence-electron chi connectivity index (χ4n) is 2.13. The van der Waals surface area contributed by atoms with Gasteiger partial charge in [0.1, 0.15) is 5.75 Å². The van der Waals surface area contributed by atoms with E-state index >= 15 is 0 Å². The number of amides is 1. The Bertz CT molecular complexity index is 655. The molecule has 2 aromatic rings. The highest BCUT2D eigenvalue weighted by Gasteiger charge is 2.17. The molecular weight excluding hydrogens is 298 g/mol. The van der Waals surface area contributed by atoms with E-state index < -0.39 is 6.10 Å². The highest BCUT2D eigenvalue weighted by molar-refractivity contribution is 6.32. The number of carbonyl (C=O) groups is 1. The Hall–Kier alpha value is -2.00. The number of rotatable bonds is 5. The molecule has 0 saturated heterocycles. The summed E-state index contributed by atoms with van der Waals surface area (Å²) in [5.41, 5.74) is 1.91. The first-order chi connectivity index (χ1) is 10.5. The standard InChI is InChI=1S/C18H20ClNO2/c1-12(2)14-8-4-6-10-16(14)20-18(21)13(3)22-17-11-7-5-9-15(17)19/h4-13H,1-3H3,(H,20,21). The smallest absolute Gasteiger partial charge is 0.265 e. The summed E-state index contributed by atoms with van der Waals surface area (Å²) in [6.45, 7) is 5.89. The van der Waals surface area contributed by atoms with Crippen LogP contribution in [0.15, 0.2) is 48.5 Å². The van der Waals surface area contributed by atoms with Crippen LogP contribution in [0.1, 0.15) is 32.3 Å². The van der Waals surface area contributed by atoms with Crippen LogP contribution in [0.4, 0.5) is 5.69 Å². The maximum absolute atomic E-state index is 12.3. The normalized spacial score (nSPS) is 12.0. The van der Waals surface area contributed by atoms with Gasteiger partial charge in [-0.2, -0.15) is 0 Å². The first kappa shape index (κ1) is 16.4. The van der Waals surface area contributed by atoms with Crippen LogP contribution >= 0.6 is 11.6 Å². The summed E-state index contributed by atoms with van der Waals surface area (Å²) in [5, 5.41) is 3.41. The highest BCUT2D eigenvalue weighted by Crippen LogP contribution is 2.26. The molecule has 0 aliphatic carbocycles. The van der Waals surface area contributed by atoms with Crippen LogP contribution in [0.3, 0.4) is 0 Å². The monoisotopic (exact) mass is 317 g/mol. The van der Waals surface area contributed by atoms with E-state index in [0.717, 1.165) is 11.3 Å². The van der Waals surface area contributed by atoms with Gasteiger partial charge in [-0.25, -0.2) is 0 Å². The van der Waals surface area contributed by atoms with Crippen molar-refractivity contribution in [2.45, 2.75) is 32.8 Å². The maximum atomic E-state index is 12.3. The Morgan fingerprint density at radius 1 is 1.05 bits per heavy atom. The van der Waals surface area contributed by atoms with Gasteiger partial charge in [-0.3, -0.25) is 4.79 Å². The molecule has 0 radical (unpaired) electrons. The molecule has 1 N–H and O–H groups in total. The third-order valence-corrected chi connectivity index (χ3v) is 3.66. The fourth-order valence-corrected chi connectivity index (χ4v) is 2.31. The number of anilines is 1.